The third-order valence-corrected chi connectivity index (χ3v) is 3.19. The van der Waals surface area contributed by atoms with Crippen LogP contribution in [0.3, 0.4) is 0 Å². The van der Waals surface area contributed by atoms with E-state index in [1.54, 1.807) is 0 Å². The van der Waals surface area contributed by atoms with E-state index < -0.39 is 5.97 Å². The average Bonchev–Trinajstić information content (AvgIpc) is 2.31. The SMILES string of the molecule is CCC(SCCC#N)C(=NOC)C(=O)OC. The third kappa shape index (κ3) is 5.03. The molecule has 0 rings (SSSR count). The Morgan fingerprint density at radius 2 is 2.25 bits per heavy atom. The number of rotatable bonds is 7. The van der Waals surface area contributed by atoms with Gasteiger partial charge in [-0.05, 0) is 6.42 Å². The highest BCUT2D eigenvalue weighted by Gasteiger charge is 2.23. The van der Waals surface area contributed by atoms with Crippen molar-refractivity contribution in [2.24, 2.45) is 5.16 Å². The van der Waals surface area contributed by atoms with Crippen molar-refractivity contribution in [2.45, 2.75) is 25.0 Å². The molecule has 6 heteroatoms. The summed E-state index contributed by atoms with van der Waals surface area (Å²) in [5.74, 6) is 0.174. The summed E-state index contributed by atoms with van der Waals surface area (Å²) in [5.41, 5.74) is 0.260. The number of thioether (sulfide) groups is 1. The second-order valence-electron chi connectivity index (χ2n) is 2.83. The number of methoxy groups -OCH3 is 1. The lowest BCUT2D eigenvalue weighted by atomic mass is 10.2. The smallest absolute Gasteiger partial charge is 0.357 e. The number of hydrogen-bond acceptors (Lipinski definition) is 6. The maximum absolute atomic E-state index is 11.4. The van der Waals surface area contributed by atoms with Crippen molar-refractivity contribution in [1.82, 2.24) is 0 Å². The van der Waals surface area contributed by atoms with Gasteiger partial charge in [-0.3, -0.25) is 0 Å². The van der Waals surface area contributed by atoms with Crippen LogP contribution in [0, 0.1) is 11.3 Å². The topological polar surface area (TPSA) is 71.7 Å². The lowest BCUT2D eigenvalue weighted by Gasteiger charge is -2.13. The van der Waals surface area contributed by atoms with Gasteiger partial charge in [-0.15, -0.1) is 0 Å². The maximum atomic E-state index is 11.4. The first-order chi connectivity index (χ1) is 7.71. The highest BCUT2D eigenvalue weighted by molar-refractivity contribution is 8.00. The van der Waals surface area contributed by atoms with E-state index in [0.717, 1.165) is 6.42 Å². The van der Waals surface area contributed by atoms with Gasteiger partial charge in [-0.2, -0.15) is 17.0 Å². The predicted molar refractivity (Wildman–Crippen MR) is 63.2 cm³/mol. The Bertz CT molecular complexity index is 286. The van der Waals surface area contributed by atoms with Crippen LogP contribution >= 0.6 is 11.8 Å². The number of ether oxygens (including phenoxy) is 1. The predicted octanol–water partition coefficient (Wildman–Crippen LogP) is 1.59. The van der Waals surface area contributed by atoms with E-state index in [1.807, 2.05) is 6.92 Å². The standard InChI is InChI=1S/C10H16N2O3S/c1-4-8(16-7-5-6-11)9(12-15-3)10(13)14-2/h8H,4-5,7H2,1-3H3. The Morgan fingerprint density at radius 1 is 1.56 bits per heavy atom. The summed E-state index contributed by atoms with van der Waals surface area (Å²) in [6.45, 7) is 1.94. The highest BCUT2D eigenvalue weighted by Crippen LogP contribution is 2.18. The number of nitriles is 1. The molecule has 0 aliphatic rings. The van der Waals surface area contributed by atoms with Crippen molar-refractivity contribution >= 4 is 23.4 Å². The molecule has 0 aromatic carbocycles. The van der Waals surface area contributed by atoms with E-state index in [-0.39, 0.29) is 11.0 Å². The zero-order chi connectivity index (χ0) is 12.4. The Hall–Kier alpha value is -1.22. The molecule has 0 N–H and O–H groups in total. The maximum Gasteiger partial charge on any atom is 0.357 e. The molecule has 1 unspecified atom stereocenters. The molecule has 0 saturated heterocycles. The zero-order valence-electron chi connectivity index (χ0n) is 9.73. The highest BCUT2D eigenvalue weighted by atomic mass is 32.2. The number of esters is 1. The summed E-state index contributed by atoms with van der Waals surface area (Å²) in [4.78, 5) is 16.0. The molecule has 0 aliphatic heterocycles. The van der Waals surface area contributed by atoms with Crippen LogP contribution in [0.4, 0.5) is 0 Å². The fraction of sp³-hybridized carbons (Fsp3) is 0.700. The van der Waals surface area contributed by atoms with Gasteiger partial charge in [0.2, 0.25) is 0 Å². The number of nitrogens with zero attached hydrogens (tertiary/aromatic N) is 2. The molecule has 0 aliphatic carbocycles. The number of carbonyl (C=O) groups excluding carboxylic acids is 1. The van der Waals surface area contributed by atoms with Gasteiger partial charge in [-0.25, -0.2) is 4.79 Å². The van der Waals surface area contributed by atoms with Gasteiger partial charge >= 0.3 is 5.97 Å². The molecule has 90 valence electrons. The van der Waals surface area contributed by atoms with E-state index in [2.05, 4.69) is 20.8 Å². The summed E-state index contributed by atoms with van der Waals surface area (Å²) in [5, 5.41) is 12.0. The van der Waals surface area contributed by atoms with Crippen LogP contribution in [0.1, 0.15) is 19.8 Å². The van der Waals surface area contributed by atoms with Crippen LogP contribution in [0.25, 0.3) is 0 Å². The van der Waals surface area contributed by atoms with Crippen molar-refractivity contribution in [2.75, 3.05) is 20.0 Å². The number of hydrogen-bond donors (Lipinski definition) is 0. The zero-order valence-corrected chi connectivity index (χ0v) is 10.5. The molecule has 0 aromatic rings. The van der Waals surface area contributed by atoms with Crippen LogP contribution in [-0.2, 0) is 14.4 Å². The van der Waals surface area contributed by atoms with E-state index in [9.17, 15) is 4.79 Å². The Balaban J connectivity index is 4.54. The first kappa shape index (κ1) is 14.8. The monoisotopic (exact) mass is 244 g/mol. The summed E-state index contributed by atoms with van der Waals surface area (Å²) in [6.07, 6.45) is 1.18. The first-order valence-corrected chi connectivity index (χ1v) is 5.94. The second-order valence-corrected chi connectivity index (χ2v) is 4.14. The molecular weight excluding hydrogens is 228 g/mol. The largest absolute Gasteiger partial charge is 0.464 e. The summed E-state index contributed by atoms with van der Waals surface area (Å²) >= 11 is 1.50. The molecule has 16 heavy (non-hydrogen) atoms. The quantitative estimate of drug-likeness (QED) is 0.294. The fourth-order valence-corrected chi connectivity index (χ4v) is 2.09. The minimum atomic E-state index is -0.488. The Morgan fingerprint density at radius 3 is 2.69 bits per heavy atom. The van der Waals surface area contributed by atoms with E-state index in [4.69, 9.17) is 5.26 Å². The Kier molecular flexibility index (Phi) is 8.35. The minimum Gasteiger partial charge on any atom is -0.464 e. The summed E-state index contributed by atoms with van der Waals surface area (Å²) in [6, 6.07) is 2.05. The van der Waals surface area contributed by atoms with Gasteiger partial charge < -0.3 is 9.57 Å². The normalized spacial score (nSPS) is 12.8. The van der Waals surface area contributed by atoms with E-state index in [0.29, 0.717) is 12.2 Å². The lowest BCUT2D eigenvalue weighted by Crippen LogP contribution is -2.27. The number of carbonyl (C=O) groups is 1. The Labute approximate surface area is 99.8 Å². The van der Waals surface area contributed by atoms with Gasteiger partial charge in [0.25, 0.3) is 0 Å². The summed E-state index contributed by atoms with van der Waals surface area (Å²) < 4.78 is 4.63. The fourth-order valence-electron chi connectivity index (χ4n) is 1.07. The molecule has 5 nitrogen and oxygen atoms in total. The van der Waals surface area contributed by atoms with Crippen LogP contribution in [0.5, 0.6) is 0 Å². The summed E-state index contributed by atoms with van der Waals surface area (Å²) in [7, 11) is 2.69. The van der Waals surface area contributed by atoms with Gasteiger partial charge in [0.1, 0.15) is 7.11 Å². The van der Waals surface area contributed by atoms with Gasteiger partial charge in [0, 0.05) is 12.2 Å². The number of oxime groups is 1. The molecule has 0 saturated carbocycles. The van der Waals surface area contributed by atoms with Crippen LogP contribution in [-0.4, -0.2) is 36.9 Å². The third-order valence-electron chi connectivity index (χ3n) is 1.79. The van der Waals surface area contributed by atoms with Crippen molar-refractivity contribution in [3.8, 4) is 6.07 Å². The molecular formula is C10H16N2O3S. The first-order valence-electron chi connectivity index (χ1n) is 4.89. The van der Waals surface area contributed by atoms with E-state index >= 15 is 0 Å². The lowest BCUT2D eigenvalue weighted by molar-refractivity contribution is -0.133. The van der Waals surface area contributed by atoms with Crippen molar-refractivity contribution in [3.63, 3.8) is 0 Å². The molecule has 0 fully saturated rings. The van der Waals surface area contributed by atoms with Crippen molar-refractivity contribution < 1.29 is 14.4 Å². The minimum absolute atomic E-state index is 0.0965. The second kappa shape index (κ2) is 9.04. The molecule has 1 atom stereocenters. The molecule has 0 radical (unpaired) electrons. The molecule has 0 aromatic heterocycles. The molecule has 0 heterocycles. The van der Waals surface area contributed by atoms with Crippen LogP contribution < -0.4 is 0 Å². The molecule has 0 bridgehead atoms. The van der Waals surface area contributed by atoms with Gasteiger partial charge in [-0.1, -0.05) is 12.1 Å². The van der Waals surface area contributed by atoms with Crippen LogP contribution in [0.15, 0.2) is 5.16 Å². The molecule has 0 amide bonds. The average molecular weight is 244 g/mol. The van der Waals surface area contributed by atoms with Crippen molar-refractivity contribution in [1.29, 1.82) is 5.26 Å². The van der Waals surface area contributed by atoms with Gasteiger partial charge in [0.05, 0.1) is 18.4 Å². The van der Waals surface area contributed by atoms with Crippen molar-refractivity contribution in [3.05, 3.63) is 0 Å². The van der Waals surface area contributed by atoms with Gasteiger partial charge in [0.15, 0.2) is 5.71 Å². The molecule has 0 spiro atoms. The van der Waals surface area contributed by atoms with E-state index in [1.165, 1.54) is 26.0 Å². The van der Waals surface area contributed by atoms with Crippen LogP contribution in [0.2, 0.25) is 0 Å².